The molecule has 0 amide bonds. The number of benzene rings is 2. The number of methoxy groups -OCH3 is 2. The Morgan fingerprint density at radius 3 is 2.17 bits per heavy atom. The lowest BCUT2D eigenvalue weighted by atomic mass is 9.82. The molecule has 1 fully saturated rings. The summed E-state index contributed by atoms with van der Waals surface area (Å²) >= 11 is 0. The molecule has 23 heavy (non-hydrogen) atoms. The minimum atomic E-state index is 0.0691. The summed E-state index contributed by atoms with van der Waals surface area (Å²) in [6.45, 7) is 0. The molecule has 0 spiro atoms. The molecule has 0 aromatic heterocycles. The molecular weight excluding hydrogens is 288 g/mol. The number of hydrogen-bond donors (Lipinski definition) is 0. The predicted molar refractivity (Wildman–Crippen MR) is 88.4 cm³/mol. The first-order valence-electron chi connectivity index (χ1n) is 8.15. The summed E-state index contributed by atoms with van der Waals surface area (Å²) in [5, 5.41) is 1.99. The van der Waals surface area contributed by atoms with Crippen molar-refractivity contribution in [1.82, 2.24) is 0 Å². The van der Waals surface area contributed by atoms with Gasteiger partial charge in [0.2, 0.25) is 0 Å². The van der Waals surface area contributed by atoms with E-state index in [1.165, 1.54) is 0 Å². The van der Waals surface area contributed by atoms with Crippen molar-refractivity contribution in [3.05, 3.63) is 47.5 Å². The van der Waals surface area contributed by atoms with Crippen molar-refractivity contribution >= 4 is 16.6 Å². The molecule has 5 rings (SSSR count). The number of fused-ring (bicyclic) bond motifs is 8. The zero-order chi connectivity index (χ0) is 15.7. The van der Waals surface area contributed by atoms with Gasteiger partial charge in [0.25, 0.3) is 0 Å². The third-order valence-corrected chi connectivity index (χ3v) is 5.91. The van der Waals surface area contributed by atoms with Gasteiger partial charge in [-0.05, 0) is 18.3 Å². The molecular formula is C20H18O3. The van der Waals surface area contributed by atoms with Crippen molar-refractivity contribution in [2.24, 2.45) is 17.8 Å². The molecule has 3 aliphatic carbocycles. The second-order valence-corrected chi connectivity index (χ2v) is 6.76. The van der Waals surface area contributed by atoms with Gasteiger partial charge < -0.3 is 9.47 Å². The van der Waals surface area contributed by atoms with E-state index in [-0.39, 0.29) is 17.6 Å². The Balaban J connectivity index is 1.91. The Morgan fingerprint density at radius 2 is 1.52 bits per heavy atom. The molecule has 2 aromatic rings. The summed E-state index contributed by atoms with van der Waals surface area (Å²) in [7, 11) is 3.36. The van der Waals surface area contributed by atoms with E-state index in [4.69, 9.17) is 9.47 Å². The lowest BCUT2D eigenvalue weighted by molar-refractivity contribution is 0.0909. The lowest BCUT2D eigenvalue weighted by Crippen LogP contribution is -2.18. The molecule has 4 atom stereocenters. The van der Waals surface area contributed by atoms with Gasteiger partial charge in [0, 0.05) is 28.2 Å². The van der Waals surface area contributed by atoms with Crippen molar-refractivity contribution < 1.29 is 14.3 Å². The maximum atomic E-state index is 13.2. The highest BCUT2D eigenvalue weighted by Crippen LogP contribution is 2.62. The number of carbonyl (C=O) groups is 1. The van der Waals surface area contributed by atoms with Crippen molar-refractivity contribution in [1.29, 1.82) is 0 Å². The van der Waals surface area contributed by atoms with E-state index in [2.05, 4.69) is 18.2 Å². The largest absolute Gasteiger partial charge is 0.496 e. The molecule has 1 saturated carbocycles. The van der Waals surface area contributed by atoms with Crippen LogP contribution in [0.5, 0.6) is 11.5 Å². The molecule has 0 N–H and O–H groups in total. The minimum absolute atomic E-state index is 0.0691. The van der Waals surface area contributed by atoms with Gasteiger partial charge in [0.05, 0.1) is 19.8 Å². The van der Waals surface area contributed by atoms with Gasteiger partial charge in [-0.25, -0.2) is 0 Å². The molecule has 2 unspecified atom stereocenters. The monoisotopic (exact) mass is 306 g/mol. The first-order valence-corrected chi connectivity index (χ1v) is 8.15. The molecule has 0 radical (unpaired) electrons. The van der Waals surface area contributed by atoms with Crippen LogP contribution in [0.1, 0.15) is 28.3 Å². The maximum absolute atomic E-state index is 13.2. The molecule has 2 bridgehead atoms. The van der Waals surface area contributed by atoms with Gasteiger partial charge in [-0.3, -0.25) is 4.79 Å². The quantitative estimate of drug-likeness (QED) is 0.788. The van der Waals surface area contributed by atoms with E-state index in [1.54, 1.807) is 14.2 Å². The SMILES string of the molecule is COc1c2c(c(OC)c3ccccc13)C1C(C2=O)[C@H]2C=C[C@@H]1C2. The molecule has 0 aliphatic heterocycles. The fraction of sp³-hybridized carbons (Fsp3) is 0.350. The Hall–Kier alpha value is -2.29. The second kappa shape index (κ2) is 4.38. The molecule has 116 valence electrons. The van der Waals surface area contributed by atoms with Crippen molar-refractivity contribution in [2.45, 2.75) is 12.3 Å². The van der Waals surface area contributed by atoms with Crippen molar-refractivity contribution in [3.63, 3.8) is 0 Å². The third kappa shape index (κ3) is 1.43. The van der Waals surface area contributed by atoms with E-state index >= 15 is 0 Å². The van der Waals surface area contributed by atoms with Crippen LogP contribution in [0.4, 0.5) is 0 Å². The number of rotatable bonds is 2. The molecule has 2 aromatic carbocycles. The van der Waals surface area contributed by atoms with Crippen LogP contribution in [0.2, 0.25) is 0 Å². The number of allylic oxidation sites excluding steroid dienone is 2. The fourth-order valence-corrected chi connectivity index (χ4v) is 5.13. The Bertz CT molecular complexity index is 880. The minimum Gasteiger partial charge on any atom is -0.496 e. The summed E-state index contributed by atoms with van der Waals surface area (Å²) in [4.78, 5) is 13.2. The summed E-state index contributed by atoms with van der Waals surface area (Å²) in [6, 6.07) is 8.04. The topological polar surface area (TPSA) is 35.5 Å². The summed E-state index contributed by atoms with van der Waals surface area (Å²) in [5.41, 5.74) is 1.84. The Labute approximate surface area is 134 Å². The van der Waals surface area contributed by atoms with Gasteiger partial charge in [-0.1, -0.05) is 36.4 Å². The number of ether oxygens (including phenoxy) is 2. The zero-order valence-electron chi connectivity index (χ0n) is 13.2. The normalized spacial score (nSPS) is 29.9. The first kappa shape index (κ1) is 13.2. The maximum Gasteiger partial charge on any atom is 0.171 e. The Kier molecular flexibility index (Phi) is 2.51. The van der Waals surface area contributed by atoms with E-state index in [9.17, 15) is 4.79 Å². The van der Waals surface area contributed by atoms with Crippen LogP contribution in [-0.4, -0.2) is 20.0 Å². The first-order chi connectivity index (χ1) is 11.3. The number of Topliss-reactive ketones (excluding diaryl/α,β-unsaturated/α-hetero) is 1. The Morgan fingerprint density at radius 1 is 0.913 bits per heavy atom. The number of hydrogen-bond acceptors (Lipinski definition) is 3. The standard InChI is InChI=1S/C20H18O3/c1-22-19-12-5-3-4-6-13(12)20(23-2)17-16(19)14-10-7-8-11(9-10)15(14)18(17)21/h3-8,10-11,14-15H,9H2,1-2H3/t10-,11+,14?,15?/m1/s1. The van der Waals surface area contributed by atoms with Crippen molar-refractivity contribution in [3.8, 4) is 11.5 Å². The summed E-state index contributed by atoms with van der Waals surface area (Å²) in [5.74, 6) is 2.97. The van der Waals surface area contributed by atoms with Crippen molar-refractivity contribution in [2.75, 3.05) is 14.2 Å². The smallest absolute Gasteiger partial charge is 0.171 e. The fourth-order valence-electron chi connectivity index (χ4n) is 5.13. The van der Waals surface area contributed by atoms with Gasteiger partial charge >= 0.3 is 0 Å². The van der Waals surface area contributed by atoms with Crippen LogP contribution < -0.4 is 9.47 Å². The molecule has 3 heteroatoms. The van der Waals surface area contributed by atoms with Crippen LogP contribution in [0, 0.1) is 17.8 Å². The van der Waals surface area contributed by atoms with Crippen LogP contribution >= 0.6 is 0 Å². The lowest BCUT2D eigenvalue weighted by Gasteiger charge is -2.22. The second-order valence-electron chi connectivity index (χ2n) is 6.76. The highest BCUT2D eigenvalue weighted by atomic mass is 16.5. The van der Waals surface area contributed by atoms with E-state index < -0.39 is 0 Å². The van der Waals surface area contributed by atoms with Gasteiger partial charge in [-0.2, -0.15) is 0 Å². The van der Waals surface area contributed by atoms with Crippen LogP contribution in [0.15, 0.2) is 36.4 Å². The van der Waals surface area contributed by atoms with E-state index in [0.29, 0.717) is 11.8 Å². The van der Waals surface area contributed by atoms with Gasteiger partial charge in [-0.15, -0.1) is 0 Å². The predicted octanol–water partition coefficient (Wildman–Crippen LogP) is 3.96. The zero-order valence-corrected chi connectivity index (χ0v) is 13.2. The van der Waals surface area contributed by atoms with E-state index in [1.807, 2.05) is 18.2 Å². The van der Waals surface area contributed by atoms with Crippen LogP contribution in [0.3, 0.4) is 0 Å². The number of ketones is 1. The highest BCUT2D eigenvalue weighted by molar-refractivity contribution is 6.13. The molecule has 0 heterocycles. The summed E-state index contributed by atoms with van der Waals surface area (Å²) in [6.07, 6.45) is 5.61. The average molecular weight is 306 g/mol. The molecule has 3 aliphatic rings. The van der Waals surface area contributed by atoms with Gasteiger partial charge in [0.15, 0.2) is 5.78 Å². The third-order valence-electron chi connectivity index (χ3n) is 5.91. The van der Waals surface area contributed by atoms with Crippen LogP contribution in [-0.2, 0) is 0 Å². The van der Waals surface area contributed by atoms with E-state index in [0.717, 1.165) is 39.8 Å². The highest BCUT2D eigenvalue weighted by Gasteiger charge is 2.56. The molecule has 3 nitrogen and oxygen atoms in total. The number of carbonyl (C=O) groups excluding carboxylic acids is 1. The van der Waals surface area contributed by atoms with Gasteiger partial charge in [0.1, 0.15) is 11.5 Å². The average Bonchev–Trinajstić information content (AvgIpc) is 3.26. The summed E-state index contributed by atoms with van der Waals surface area (Å²) < 4.78 is 11.5. The van der Waals surface area contributed by atoms with Crippen LogP contribution in [0.25, 0.3) is 10.8 Å². The molecule has 0 saturated heterocycles.